The molecule has 1 saturated heterocycles. The van der Waals surface area contributed by atoms with E-state index in [1.54, 1.807) is 0 Å². The molecule has 1 aromatic rings. The predicted octanol–water partition coefficient (Wildman–Crippen LogP) is 2.65. The number of halogens is 2. The lowest BCUT2D eigenvalue weighted by molar-refractivity contribution is 0.0708. The molecule has 0 radical (unpaired) electrons. The molecule has 1 N–H and O–H groups in total. The number of benzene rings is 1. The SMILES string of the molecule is CC1CN(C(=O)c2ccc(Br)cc2Br)CCN1. The van der Waals surface area contributed by atoms with Crippen molar-refractivity contribution in [3.05, 3.63) is 32.7 Å². The van der Waals surface area contributed by atoms with Gasteiger partial charge in [0.05, 0.1) is 5.56 Å². The Balaban J connectivity index is 2.18. The van der Waals surface area contributed by atoms with Crippen LogP contribution in [0.25, 0.3) is 0 Å². The summed E-state index contributed by atoms with van der Waals surface area (Å²) in [6.07, 6.45) is 0. The molecular formula is C12H14Br2N2O. The van der Waals surface area contributed by atoms with Gasteiger partial charge in [0.25, 0.3) is 5.91 Å². The second kappa shape index (κ2) is 5.50. The van der Waals surface area contributed by atoms with Crippen LogP contribution in [0.2, 0.25) is 0 Å². The fraction of sp³-hybridized carbons (Fsp3) is 0.417. The molecule has 2 rings (SSSR count). The molecule has 0 bridgehead atoms. The summed E-state index contributed by atoms with van der Waals surface area (Å²) in [5, 5.41) is 3.33. The average molecular weight is 362 g/mol. The maximum absolute atomic E-state index is 12.3. The number of hydrogen-bond acceptors (Lipinski definition) is 2. The van der Waals surface area contributed by atoms with Gasteiger partial charge in [-0.05, 0) is 41.1 Å². The third-order valence-electron chi connectivity index (χ3n) is 2.82. The molecule has 5 heteroatoms. The fourth-order valence-electron chi connectivity index (χ4n) is 1.95. The van der Waals surface area contributed by atoms with Crippen molar-refractivity contribution in [3.63, 3.8) is 0 Å². The number of carbonyl (C=O) groups is 1. The zero-order chi connectivity index (χ0) is 12.4. The van der Waals surface area contributed by atoms with Crippen LogP contribution >= 0.6 is 31.9 Å². The van der Waals surface area contributed by atoms with E-state index in [2.05, 4.69) is 44.1 Å². The van der Waals surface area contributed by atoms with Gasteiger partial charge in [-0.15, -0.1) is 0 Å². The second-order valence-electron chi connectivity index (χ2n) is 4.23. The van der Waals surface area contributed by atoms with Crippen molar-refractivity contribution in [2.24, 2.45) is 0 Å². The molecule has 0 aromatic heterocycles. The van der Waals surface area contributed by atoms with E-state index in [0.29, 0.717) is 6.04 Å². The molecule has 1 amide bonds. The van der Waals surface area contributed by atoms with Crippen molar-refractivity contribution >= 4 is 37.8 Å². The molecule has 0 aliphatic carbocycles. The summed E-state index contributed by atoms with van der Waals surface area (Å²) >= 11 is 6.82. The van der Waals surface area contributed by atoms with Crippen LogP contribution in [0.15, 0.2) is 27.1 Å². The van der Waals surface area contributed by atoms with Gasteiger partial charge < -0.3 is 10.2 Å². The number of nitrogens with zero attached hydrogens (tertiary/aromatic N) is 1. The normalized spacial score (nSPS) is 20.4. The van der Waals surface area contributed by atoms with E-state index in [0.717, 1.165) is 34.1 Å². The molecule has 0 spiro atoms. The van der Waals surface area contributed by atoms with Crippen molar-refractivity contribution in [1.82, 2.24) is 10.2 Å². The Labute approximate surface area is 118 Å². The van der Waals surface area contributed by atoms with Crippen molar-refractivity contribution in [2.75, 3.05) is 19.6 Å². The van der Waals surface area contributed by atoms with E-state index >= 15 is 0 Å². The van der Waals surface area contributed by atoms with Gasteiger partial charge in [0.1, 0.15) is 0 Å². The van der Waals surface area contributed by atoms with E-state index in [9.17, 15) is 4.79 Å². The first kappa shape index (κ1) is 13.1. The standard InChI is InChI=1S/C12H14Br2N2O/c1-8-7-16(5-4-15-8)12(17)10-3-2-9(13)6-11(10)14/h2-3,6,8,15H,4-5,7H2,1H3. The lowest BCUT2D eigenvalue weighted by Gasteiger charge is -2.32. The highest BCUT2D eigenvalue weighted by Gasteiger charge is 2.22. The van der Waals surface area contributed by atoms with Gasteiger partial charge in [-0.3, -0.25) is 4.79 Å². The Morgan fingerprint density at radius 2 is 2.24 bits per heavy atom. The van der Waals surface area contributed by atoms with Crippen LogP contribution in [0.5, 0.6) is 0 Å². The summed E-state index contributed by atoms with van der Waals surface area (Å²) in [5.74, 6) is 0.0951. The summed E-state index contributed by atoms with van der Waals surface area (Å²) in [6.45, 7) is 4.49. The number of carbonyl (C=O) groups excluding carboxylic acids is 1. The highest BCUT2D eigenvalue weighted by molar-refractivity contribution is 9.11. The van der Waals surface area contributed by atoms with Crippen LogP contribution in [0.3, 0.4) is 0 Å². The number of rotatable bonds is 1. The Hall–Kier alpha value is -0.390. The van der Waals surface area contributed by atoms with Crippen molar-refractivity contribution in [1.29, 1.82) is 0 Å². The zero-order valence-corrected chi connectivity index (χ0v) is 12.7. The summed E-state index contributed by atoms with van der Waals surface area (Å²) in [4.78, 5) is 14.2. The maximum atomic E-state index is 12.3. The topological polar surface area (TPSA) is 32.3 Å². The minimum Gasteiger partial charge on any atom is -0.336 e. The second-order valence-corrected chi connectivity index (χ2v) is 6.00. The molecule has 1 atom stereocenters. The molecule has 1 fully saturated rings. The smallest absolute Gasteiger partial charge is 0.255 e. The van der Waals surface area contributed by atoms with Gasteiger partial charge in [0, 0.05) is 34.6 Å². The number of amides is 1. The number of piperazine rings is 1. The molecule has 92 valence electrons. The van der Waals surface area contributed by atoms with Crippen LogP contribution in [0.1, 0.15) is 17.3 Å². The predicted molar refractivity (Wildman–Crippen MR) is 75.2 cm³/mol. The first-order valence-corrected chi connectivity index (χ1v) is 7.14. The third kappa shape index (κ3) is 3.09. The first-order chi connectivity index (χ1) is 8.08. The highest BCUT2D eigenvalue weighted by atomic mass is 79.9. The molecule has 3 nitrogen and oxygen atoms in total. The van der Waals surface area contributed by atoms with E-state index in [4.69, 9.17) is 0 Å². The molecule has 1 heterocycles. The molecular weight excluding hydrogens is 348 g/mol. The number of hydrogen-bond donors (Lipinski definition) is 1. The van der Waals surface area contributed by atoms with Crippen molar-refractivity contribution in [3.8, 4) is 0 Å². The Kier molecular flexibility index (Phi) is 4.22. The molecule has 0 saturated carbocycles. The average Bonchev–Trinajstić information content (AvgIpc) is 2.28. The lowest BCUT2D eigenvalue weighted by atomic mass is 10.1. The third-order valence-corrected chi connectivity index (χ3v) is 3.97. The molecule has 17 heavy (non-hydrogen) atoms. The quantitative estimate of drug-likeness (QED) is 0.833. The highest BCUT2D eigenvalue weighted by Crippen LogP contribution is 2.23. The summed E-state index contributed by atoms with van der Waals surface area (Å²) in [7, 11) is 0. The van der Waals surface area contributed by atoms with E-state index in [1.165, 1.54) is 0 Å². The van der Waals surface area contributed by atoms with Gasteiger partial charge in [0.15, 0.2) is 0 Å². The summed E-state index contributed by atoms with van der Waals surface area (Å²) in [5.41, 5.74) is 0.724. The summed E-state index contributed by atoms with van der Waals surface area (Å²) < 4.78 is 1.80. The van der Waals surface area contributed by atoms with Crippen LogP contribution in [0, 0.1) is 0 Å². The zero-order valence-electron chi connectivity index (χ0n) is 9.54. The van der Waals surface area contributed by atoms with Crippen molar-refractivity contribution in [2.45, 2.75) is 13.0 Å². The maximum Gasteiger partial charge on any atom is 0.255 e. The lowest BCUT2D eigenvalue weighted by Crippen LogP contribution is -2.51. The van der Waals surface area contributed by atoms with E-state index in [-0.39, 0.29) is 5.91 Å². The summed E-state index contributed by atoms with van der Waals surface area (Å²) in [6, 6.07) is 6.01. The minimum absolute atomic E-state index is 0.0951. The first-order valence-electron chi connectivity index (χ1n) is 5.55. The minimum atomic E-state index is 0.0951. The van der Waals surface area contributed by atoms with E-state index in [1.807, 2.05) is 23.1 Å². The molecule has 1 aliphatic rings. The van der Waals surface area contributed by atoms with Gasteiger partial charge in [-0.1, -0.05) is 15.9 Å². The number of nitrogens with one attached hydrogen (secondary N) is 1. The van der Waals surface area contributed by atoms with Gasteiger partial charge in [0.2, 0.25) is 0 Å². The molecule has 1 aliphatic heterocycles. The Morgan fingerprint density at radius 1 is 1.47 bits per heavy atom. The van der Waals surface area contributed by atoms with Crippen LogP contribution in [0.4, 0.5) is 0 Å². The van der Waals surface area contributed by atoms with Gasteiger partial charge in [-0.25, -0.2) is 0 Å². The van der Waals surface area contributed by atoms with Crippen LogP contribution in [-0.2, 0) is 0 Å². The van der Waals surface area contributed by atoms with Crippen LogP contribution in [-0.4, -0.2) is 36.5 Å². The Morgan fingerprint density at radius 3 is 2.88 bits per heavy atom. The van der Waals surface area contributed by atoms with Gasteiger partial charge in [-0.2, -0.15) is 0 Å². The van der Waals surface area contributed by atoms with E-state index < -0.39 is 0 Å². The monoisotopic (exact) mass is 360 g/mol. The molecule has 1 unspecified atom stereocenters. The molecule has 1 aromatic carbocycles. The van der Waals surface area contributed by atoms with Crippen molar-refractivity contribution < 1.29 is 4.79 Å². The largest absolute Gasteiger partial charge is 0.336 e. The Bertz CT molecular complexity index is 437. The van der Waals surface area contributed by atoms with Gasteiger partial charge >= 0.3 is 0 Å². The fourth-order valence-corrected chi connectivity index (χ4v) is 3.17. The van der Waals surface area contributed by atoms with Crippen LogP contribution < -0.4 is 5.32 Å².